The number of pyridine rings is 1. The van der Waals surface area contributed by atoms with Crippen molar-refractivity contribution in [3.63, 3.8) is 0 Å². The average molecular weight is 456 g/mol. The lowest BCUT2D eigenvalue weighted by molar-refractivity contribution is -0.153. The molecule has 0 saturated carbocycles. The third kappa shape index (κ3) is 4.10. The zero-order chi connectivity index (χ0) is 21.5. The third-order valence-electron chi connectivity index (χ3n) is 4.37. The number of benzene rings is 1. The molecule has 2 aliphatic heterocycles. The largest absolute Gasteiger partial charge is 0.482 e. The monoisotopic (exact) mass is 455 g/mol. The van der Waals surface area contributed by atoms with Crippen molar-refractivity contribution in [2.24, 2.45) is 0 Å². The lowest BCUT2D eigenvalue weighted by Gasteiger charge is -2.32. The molecule has 156 valence electrons. The van der Waals surface area contributed by atoms with Crippen LogP contribution in [0.5, 0.6) is 5.75 Å². The van der Waals surface area contributed by atoms with Gasteiger partial charge in [-0.3, -0.25) is 9.78 Å². The number of carbonyl (C=O) groups excluding carboxylic acids is 2. The smallest absolute Gasteiger partial charge is 0.422 e. The number of aromatic nitrogens is 1. The maximum Gasteiger partial charge on any atom is 0.422 e. The van der Waals surface area contributed by atoms with E-state index in [9.17, 15) is 22.8 Å². The highest BCUT2D eigenvalue weighted by atomic mass is 35.5. The molecule has 2 atom stereocenters. The second-order valence-electron chi connectivity index (χ2n) is 6.48. The predicted octanol–water partition coefficient (Wildman–Crippen LogP) is 4.26. The zero-order valence-corrected chi connectivity index (χ0v) is 16.6. The van der Waals surface area contributed by atoms with Gasteiger partial charge in [0.25, 0.3) is 5.91 Å². The summed E-state index contributed by atoms with van der Waals surface area (Å²) in [6, 6.07) is 7.07. The molecule has 2 unspecified atom stereocenters. The van der Waals surface area contributed by atoms with Gasteiger partial charge in [0.05, 0.1) is 24.1 Å². The van der Waals surface area contributed by atoms with Gasteiger partial charge in [-0.25, -0.2) is 9.69 Å². The van der Waals surface area contributed by atoms with Gasteiger partial charge in [-0.2, -0.15) is 13.2 Å². The van der Waals surface area contributed by atoms with E-state index in [1.54, 1.807) is 18.2 Å². The molecule has 30 heavy (non-hydrogen) atoms. The molecule has 0 radical (unpaired) electrons. The number of imide groups is 1. The van der Waals surface area contributed by atoms with Crippen molar-refractivity contribution < 1.29 is 27.5 Å². The minimum Gasteiger partial charge on any atom is -0.482 e. The van der Waals surface area contributed by atoms with Crippen molar-refractivity contribution in [2.45, 2.75) is 17.5 Å². The van der Waals surface area contributed by atoms with Crippen LogP contribution in [0.1, 0.15) is 5.56 Å². The van der Waals surface area contributed by atoms with Crippen molar-refractivity contribution >= 4 is 45.9 Å². The second kappa shape index (κ2) is 7.84. The van der Waals surface area contributed by atoms with Gasteiger partial charge in [0.1, 0.15) is 11.0 Å². The number of halogens is 4. The van der Waals surface area contributed by atoms with Gasteiger partial charge in [-0.15, -0.1) is 11.8 Å². The standard InChI is InChI=1S/C19H13ClF3N3O3S/c20-13-4-2-1-3-12(13)15-6-14-16(30-15)17(27)26(18(28)25-14)10-5-11(8-24-7-10)29-9-19(21,22)23/h1-8,14,16H,9H2,(H,25,28). The van der Waals surface area contributed by atoms with Crippen LogP contribution >= 0.6 is 23.4 Å². The molecule has 2 aromatic rings. The van der Waals surface area contributed by atoms with Crippen LogP contribution < -0.4 is 15.0 Å². The van der Waals surface area contributed by atoms with E-state index in [0.717, 1.165) is 21.6 Å². The van der Waals surface area contributed by atoms with Crippen molar-refractivity contribution in [3.8, 4) is 5.75 Å². The Morgan fingerprint density at radius 3 is 2.73 bits per heavy atom. The van der Waals surface area contributed by atoms with E-state index < -0.39 is 36.0 Å². The van der Waals surface area contributed by atoms with Crippen molar-refractivity contribution in [3.05, 3.63) is 59.4 Å². The first-order valence-corrected chi connectivity index (χ1v) is 9.91. The molecule has 3 amide bonds. The fraction of sp³-hybridized carbons (Fsp3) is 0.211. The highest BCUT2D eigenvalue weighted by Crippen LogP contribution is 2.44. The van der Waals surface area contributed by atoms with Crippen LogP contribution in [0.3, 0.4) is 0 Å². The number of rotatable bonds is 4. The SMILES string of the molecule is O=C1NC2C=C(c3ccccc3Cl)SC2C(=O)N1c1cncc(OCC(F)(F)F)c1. The van der Waals surface area contributed by atoms with E-state index >= 15 is 0 Å². The number of hydrogen-bond acceptors (Lipinski definition) is 5. The maximum atomic E-state index is 13.0. The van der Waals surface area contributed by atoms with Gasteiger partial charge in [-0.05, 0) is 12.1 Å². The van der Waals surface area contributed by atoms with Gasteiger partial charge < -0.3 is 10.1 Å². The quantitative estimate of drug-likeness (QED) is 0.746. The molecule has 1 N–H and O–H groups in total. The van der Waals surface area contributed by atoms with Gasteiger partial charge in [0, 0.05) is 21.6 Å². The van der Waals surface area contributed by atoms with Crippen molar-refractivity contribution in [2.75, 3.05) is 11.5 Å². The summed E-state index contributed by atoms with van der Waals surface area (Å²) in [5, 5.41) is 2.60. The number of carbonyl (C=O) groups is 2. The van der Waals surface area contributed by atoms with E-state index in [1.165, 1.54) is 24.0 Å². The Balaban J connectivity index is 1.55. The highest BCUT2D eigenvalue weighted by molar-refractivity contribution is 8.09. The lowest BCUT2D eigenvalue weighted by atomic mass is 10.1. The van der Waals surface area contributed by atoms with Crippen LogP contribution in [0.2, 0.25) is 5.02 Å². The fourth-order valence-electron chi connectivity index (χ4n) is 3.09. The molecule has 4 rings (SSSR count). The Hall–Kier alpha value is -2.72. The van der Waals surface area contributed by atoms with E-state index in [-0.39, 0.29) is 11.4 Å². The summed E-state index contributed by atoms with van der Waals surface area (Å²) in [4.78, 5) is 31.0. The number of alkyl halides is 3. The molecule has 0 spiro atoms. The lowest BCUT2D eigenvalue weighted by Crippen LogP contribution is -2.60. The highest BCUT2D eigenvalue weighted by Gasteiger charge is 2.45. The average Bonchev–Trinajstić information content (AvgIpc) is 3.10. The van der Waals surface area contributed by atoms with Crippen LogP contribution in [-0.2, 0) is 4.79 Å². The Labute approximate surface area is 178 Å². The molecular formula is C19H13ClF3N3O3S. The van der Waals surface area contributed by atoms with Crippen LogP contribution in [-0.4, -0.2) is 41.0 Å². The maximum absolute atomic E-state index is 13.0. The summed E-state index contributed by atoms with van der Waals surface area (Å²) >= 11 is 7.49. The predicted molar refractivity (Wildman–Crippen MR) is 106 cm³/mol. The number of urea groups is 1. The summed E-state index contributed by atoms with van der Waals surface area (Å²) in [7, 11) is 0. The summed E-state index contributed by atoms with van der Waals surface area (Å²) in [6.45, 7) is -1.51. The Morgan fingerprint density at radius 1 is 1.23 bits per heavy atom. The fourth-order valence-corrected chi connectivity index (χ4v) is 4.68. The minimum absolute atomic E-state index is 0.0161. The minimum atomic E-state index is -4.52. The van der Waals surface area contributed by atoms with Crippen LogP contribution in [0.15, 0.2) is 48.8 Å². The Morgan fingerprint density at radius 2 is 2.00 bits per heavy atom. The molecular weight excluding hydrogens is 443 g/mol. The van der Waals surface area contributed by atoms with E-state index in [0.29, 0.717) is 5.02 Å². The number of ether oxygens (including phenoxy) is 1. The van der Waals surface area contributed by atoms with E-state index in [2.05, 4.69) is 15.0 Å². The Bertz CT molecular complexity index is 1050. The van der Waals surface area contributed by atoms with Gasteiger partial charge in [0.2, 0.25) is 0 Å². The molecule has 1 saturated heterocycles. The number of fused-ring (bicyclic) bond motifs is 1. The number of nitrogens with one attached hydrogen (secondary N) is 1. The van der Waals surface area contributed by atoms with Crippen LogP contribution in [0.4, 0.5) is 23.7 Å². The number of thioether (sulfide) groups is 1. The first kappa shape index (κ1) is 20.5. The molecule has 3 heterocycles. The number of anilines is 1. The Kier molecular flexibility index (Phi) is 5.37. The zero-order valence-electron chi connectivity index (χ0n) is 15.0. The first-order chi connectivity index (χ1) is 14.2. The third-order valence-corrected chi connectivity index (χ3v) is 6.06. The number of hydrogen-bond donors (Lipinski definition) is 1. The van der Waals surface area contributed by atoms with Crippen LogP contribution in [0, 0.1) is 0 Å². The molecule has 1 aromatic heterocycles. The molecule has 2 aliphatic rings. The molecule has 0 bridgehead atoms. The summed E-state index contributed by atoms with van der Waals surface area (Å²) in [5.74, 6) is -0.719. The summed E-state index contributed by atoms with van der Waals surface area (Å²) < 4.78 is 41.8. The summed E-state index contributed by atoms with van der Waals surface area (Å²) in [5.41, 5.74) is 0.763. The molecule has 11 heteroatoms. The molecule has 1 fully saturated rings. The molecule has 6 nitrogen and oxygen atoms in total. The van der Waals surface area contributed by atoms with Gasteiger partial charge in [0.15, 0.2) is 6.61 Å². The topological polar surface area (TPSA) is 71.5 Å². The number of amides is 3. The molecule has 0 aliphatic carbocycles. The van der Waals surface area contributed by atoms with Crippen molar-refractivity contribution in [1.82, 2.24) is 10.3 Å². The first-order valence-electron chi connectivity index (χ1n) is 8.65. The van der Waals surface area contributed by atoms with Crippen molar-refractivity contribution in [1.29, 1.82) is 0 Å². The number of nitrogens with zero attached hydrogens (tertiary/aromatic N) is 2. The van der Waals surface area contributed by atoms with Gasteiger partial charge in [-0.1, -0.05) is 29.8 Å². The summed E-state index contributed by atoms with van der Waals surface area (Å²) in [6.07, 6.45) is -0.473. The van der Waals surface area contributed by atoms with E-state index in [1.807, 2.05) is 12.1 Å². The molecule has 1 aromatic carbocycles. The second-order valence-corrected chi connectivity index (χ2v) is 8.07. The van der Waals surface area contributed by atoms with Gasteiger partial charge >= 0.3 is 12.2 Å². The van der Waals surface area contributed by atoms with E-state index in [4.69, 9.17) is 11.6 Å². The normalized spacial score (nSPS) is 21.2. The van der Waals surface area contributed by atoms with Crippen LogP contribution in [0.25, 0.3) is 4.91 Å².